The molecule has 5 aliphatic rings. The van der Waals surface area contributed by atoms with Gasteiger partial charge in [0.2, 0.25) is 0 Å². The second-order valence-electron chi connectivity index (χ2n) is 22.3. The molecule has 334 valence electrons. The van der Waals surface area contributed by atoms with Crippen molar-refractivity contribution in [3.05, 3.63) is 46.0 Å². The maximum atomic E-state index is 14.6. The molecule has 0 unspecified atom stereocenters. The van der Waals surface area contributed by atoms with E-state index in [-0.39, 0.29) is 57.8 Å². The van der Waals surface area contributed by atoms with E-state index in [4.69, 9.17) is 21.1 Å². The van der Waals surface area contributed by atoms with Crippen LogP contribution in [0.4, 0.5) is 0 Å². The highest BCUT2D eigenvalue weighted by Gasteiger charge is 2.71. The molecule has 0 bridgehead atoms. The molecule has 0 amide bonds. The van der Waals surface area contributed by atoms with E-state index < -0.39 is 28.9 Å². The SMILES string of the molecule is CC(=O)O[C@H](CN(CCN(C)C)Cc1ccccc1Cl)[C@@]12CC[C@]3(C)[C@H](CC[C@@H]4[C@@]5(C)CC[C@H](OC(=O)CC(C)(C)C(=O)O)C(C)(C)[C@@H]5CC[C@]43C)C1=C(C(C)C)C(=O)C2. The van der Waals surface area contributed by atoms with E-state index in [0.29, 0.717) is 36.4 Å². The van der Waals surface area contributed by atoms with E-state index in [1.54, 1.807) is 13.8 Å². The van der Waals surface area contributed by atoms with Gasteiger partial charge < -0.3 is 19.5 Å². The number of hydrogen-bond donors (Lipinski definition) is 1. The van der Waals surface area contributed by atoms with Gasteiger partial charge >= 0.3 is 17.9 Å². The van der Waals surface area contributed by atoms with E-state index in [2.05, 4.69) is 78.4 Å². The summed E-state index contributed by atoms with van der Waals surface area (Å²) in [4.78, 5) is 57.4. The van der Waals surface area contributed by atoms with Gasteiger partial charge in [-0.25, -0.2) is 0 Å². The average molecular weight is 852 g/mol. The van der Waals surface area contributed by atoms with E-state index in [0.717, 1.165) is 75.6 Å². The number of carbonyl (C=O) groups excluding carboxylic acids is 3. The number of hydrogen-bond acceptors (Lipinski definition) is 8. The number of likely N-dealkylation sites (N-methyl/N-ethyl adjacent to an activating group) is 1. The van der Waals surface area contributed by atoms with Crippen LogP contribution in [-0.2, 0) is 35.2 Å². The van der Waals surface area contributed by atoms with Gasteiger partial charge in [-0.05, 0) is 142 Å². The number of carboxylic acids is 1. The summed E-state index contributed by atoms with van der Waals surface area (Å²) < 4.78 is 12.7. The van der Waals surface area contributed by atoms with Crippen molar-refractivity contribution in [1.82, 2.24) is 9.80 Å². The Morgan fingerprint density at radius 1 is 0.917 bits per heavy atom. The minimum absolute atomic E-state index is 0.00209. The number of esters is 2. The van der Waals surface area contributed by atoms with Gasteiger partial charge in [0, 0.05) is 55.4 Å². The molecule has 6 rings (SSSR count). The van der Waals surface area contributed by atoms with Crippen LogP contribution in [-0.4, -0.2) is 84.5 Å². The quantitative estimate of drug-likeness (QED) is 0.183. The van der Waals surface area contributed by atoms with Gasteiger partial charge in [0.15, 0.2) is 5.78 Å². The second-order valence-corrected chi connectivity index (χ2v) is 22.7. The van der Waals surface area contributed by atoms with Crippen molar-refractivity contribution in [1.29, 1.82) is 0 Å². The largest absolute Gasteiger partial charge is 0.481 e. The smallest absolute Gasteiger partial charge is 0.309 e. The van der Waals surface area contributed by atoms with Gasteiger partial charge in [-0.1, -0.05) is 78.3 Å². The zero-order valence-electron chi connectivity index (χ0n) is 38.8. The van der Waals surface area contributed by atoms with Crippen LogP contribution in [0, 0.1) is 56.2 Å². The molecule has 0 radical (unpaired) electrons. The monoisotopic (exact) mass is 851 g/mol. The number of benzene rings is 1. The number of halogens is 1. The van der Waals surface area contributed by atoms with Gasteiger partial charge in [0.25, 0.3) is 0 Å². The summed E-state index contributed by atoms with van der Waals surface area (Å²) in [5.74, 6) is -0.492. The van der Waals surface area contributed by atoms with Crippen LogP contribution in [0.15, 0.2) is 35.4 Å². The first-order valence-corrected chi connectivity index (χ1v) is 23.2. The Hall–Kier alpha value is -2.75. The average Bonchev–Trinajstić information content (AvgIpc) is 3.45. The maximum Gasteiger partial charge on any atom is 0.309 e. The number of rotatable bonds is 14. The van der Waals surface area contributed by atoms with E-state index in [1.807, 2.05) is 18.2 Å². The molecule has 0 saturated heterocycles. The van der Waals surface area contributed by atoms with Crippen molar-refractivity contribution in [3.8, 4) is 0 Å². The highest BCUT2D eigenvalue weighted by atomic mass is 35.5. The minimum atomic E-state index is -1.18. The van der Waals surface area contributed by atoms with Crippen LogP contribution in [0.1, 0.15) is 139 Å². The van der Waals surface area contributed by atoms with E-state index in [1.165, 1.54) is 12.5 Å². The van der Waals surface area contributed by atoms with Crippen molar-refractivity contribution < 1.29 is 33.8 Å². The predicted molar refractivity (Wildman–Crippen MR) is 236 cm³/mol. The number of nitrogens with zero attached hydrogens (tertiary/aromatic N) is 2. The molecule has 9 atom stereocenters. The molecule has 0 spiro atoms. The number of fused-ring (bicyclic) bond motifs is 7. The molecule has 60 heavy (non-hydrogen) atoms. The molecular formula is C50H75ClN2O7. The summed E-state index contributed by atoms with van der Waals surface area (Å²) >= 11 is 6.74. The zero-order chi connectivity index (χ0) is 44.4. The first kappa shape index (κ1) is 46.7. The fourth-order valence-corrected chi connectivity index (χ4v) is 14.3. The molecule has 9 nitrogen and oxygen atoms in total. The fraction of sp³-hybridized carbons (Fsp3) is 0.760. The molecule has 1 aromatic carbocycles. The molecule has 0 aromatic heterocycles. The zero-order valence-corrected chi connectivity index (χ0v) is 39.6. The summed E-state index contributed by atoms with van der Waals surface area (Å²) in [6.07, 6.45) is 7.04. The van der Waals surface area contributed by atoms with E-state index >= 15 is 0 Å². The lowest BCUT2D eigenvalue weighted by Crippen LogP contribution is -2.66. The molecule has 1 N–H and O–H groups in total. The Bertz CT molecular complexity index is 1870. The van der Waals surface area contributed by atoms with Crippen molar-refractivity contribution in [3.63, 3.8) is 0 Å². The summed E-state index contributed by atoms with van der Waals surface area (Å²) in [6, 6.07) is 7.95. The first-order valence-electron chi connectivity index (χ1n) is 22.8. The third kappa shape index (κ3) is 8.04. The van der Waals surface area contributed by atoms with Crippen LogP contribution in [0.5, 0.6) is 0 Å². The lowest BCUT2D eigenvalue weighted by Gasteiger charge is -2.72. The van der Waals surface area contributed by atoms with Crippen LogP contribution in [0.3, 0.4) is 0 Å². The molecular weight excluding hydrogens is 776 g/mol. The van der Waals surface area contributed by atoms with Crippen molar-refractivity contribution in [2.75, 3.05) is 33.7 Å². The predicted octanol–water partition coefficient (Wildman–Crippen LogP) is 10.0. The Balaban J connectivity index is 1.34. The summed E-state index contributed by atoms with van der Waals surface area (Å²) in [5, 5.41) is 10.4. The lowest BCUT2D eigenvalue weighted by molar-refractivity contribution is -0.235. The number of allylic oxidation sites excluding steroid dienone is 1. The third-order valence-electron chi connectivity index (χ3n) is 17.4. The molecule has 10 heteroatoms. The number of carboxylic acid groups (broad SMARTS) is 1. The third-order valence-corrected chi connectivity index (χ3v) is 17.8. The minimum Gasteiger partial charge on any atom is -0.481 e. The van der Waals surface area contributed by atoms with Crippen LogP contribution in [0.2, 0.25) is 5.02 Å². The van der Waals surface area contributed by atoms with Crippen LogP contribution < -0.4 is 0 Å². The number of ketones is 1. The highest BCUT2D eigenvalue weighted by molar-refractivity contribution is 6.31. The van der Waals surface area contributed by atoms with Gasteiger partial charge in [-0.3, -0.25) is 24.1 Å². The van der Waals surface area contributed by atoms with Crippen molar-refractivity contribution in [2.24, 2.45) is 56.2 Å². The maximum absolute atomic E-state index is 14.6. The summed E-state index contributed by atoms with van der Waals surface area (Å²) in [5.41, 5.74) is 1.21. The standard InChI is InChI=1S/C50H75ClN2O7/c1-31(2)42-36(55)27-50(40(59-32(3)54)30-53(26-25-52(11)12)29-33-15-13-14-16-35(33)51)24-23-48(9)34(43(42)50)17-18-38-47(8)21-20-39(60-41(56)28-45(4,5)44(57)58)46(6,7)37(47)19-22-49(38,48)10/h13-16,31,34,37-40H,17-30H2,1-12H3,(H,57,58)/t34-,37+,38-,39+,40-,47+,48-,49-,50+/m1/s1. The van der Waals surface area contributed by atoms with Gasteiger partial charge in [0.05, 0.1) is 11.8 Å². The number of carbonyl (C=O) groups is 4. The lowest BCUT2D eigenvalue weighted by atomic mass is 9.33. The highest BCUT2D eigenvalue weighted by Crippen LogP contribution is 2.77. The number of ether oxygens (including phenoxy) is 2. The van der Waals surface area contributed by atoms with Crippen molar-refractivity contribution >= 4 is 35.3 Å². The van der Waals surface area contributed by atoms with Crippen LogP contribution in [0.25, 0.3) is 0 Å². The Kier molecular flexibility index (Phi) is 13.0. The molecule has 4 saturated carbocycles. The van der Waals surface area contributed by atoms with E-state index in [9.17, 15) is 24.3 Å². The number of aliphatic carboxylic acids is 1. The molecule has 1 aromatic rings. The molecule has 0 heterocycles. The molecule has 0 aliphatic heterocycles. The summed E-state index contributed by atoms with van der Waals surface area (Å²) in [7, 11) is 4.14. The van der Waals surface area contributed by atoms with Gasteiger partial charge in [-0.2, -0.15) is 0 Å². The normalized spacial score (nSPS) is 34.2. The van der Waals surface area contributed by atoms with Gasteiger partial charge in [-0.15, -0.1) is 0 Å². The molecule has 4 fully saturated rings. The Morgan fingerprint density at radius 3 is 2.22 bits per heavy atom. The second kappa shape index (κ2) is 16.7. The van der Waals surface area contributed by atoms with Crippen molar-refractivity contribution in [2.45, 2.75) is 152 Å². The van der Waals surface area contributed by atoms with Crippen LogP contribution >= 0.6 is 11.6 Å². The van der Waals surface area contributed by atoms with Gasteiger partial charge in [0.1, 0.15) is 12.2 Å². The molecule has 5 aliphatic carbocycles. The number of Topliss-reactive ketones (excluding diaryl/α,β-unsaturated/α-hetero) is 1. The Morgan fingerprint density at radius 2 is 1.60 bits per heavy atom. The summed E-state index contributed by atoms with van der Waals surface area (Å²) in [6.45, 7) is 23.9. The fourth-order valence-electron chi connectivity index (χ4n) is 14.1. The Labute approximate surface area is 365 Å². The first-order chi connectivity index (χ1) is 27.8. The topological polar surface area (TPSA) is 113 Å².